The fourth-order valence-electron chi connectivity index (χ4n) is 5.95. The van der Waals surface area contributed by atoms with Crippen molar-refractivity contribution < 1.29 is 14.3 Å². The maximum Gasteiger partial charge on any atom is 0.410 e. The molecule has 0 N–H and O–H groups in total. The normalized spacial score (nSPS) is 16.7. The highest BCUT2D eigenvalue weighted by atomic mass is 16.6. The lowest BCUT2D eigenvalue weighted by Gasteiger charge is -2.37. The number of benzene rings is 2. The van der Waals surface area contributed by atoms with Crippen molar-refractivity contribution in [2.45, 2.75) is 65.9 Å². The van der Waals surface area contributed by atoms with Gasteiger partial charge in [-0.25, -0.2) is 9.48 Å². The molecule has 3 heterocycles. The first-order chi connectivity index (χ1) is 19.5. The van der Waals surface area contributed by atoms with E-state index in [2.05, 4.69) is 68.1 Å². The van der Waals surface area contributed by atoms with Gasteiger partial charge in [0.1, 0.15) is 5.60 Å². The molecule has 2 aliphatic rings. The summed E-state index contributed by atoms with van der Waals surface area (Å²) in [7, 11) is 0. The van der Waals surface area contributed by atoms with Gasteiger partial charge in [0.2, 0.25) is 0 Å². The van der Waals surface area contributed by atoms with Gasteiger partial charge in [0.05, 0.1) is 23.1 Å². The third-order valence-corrected chi connectivity index (χ3v) is 8.11. The van der Waals surface area contributed by atoms with Crippen molar-refractivity contribution in [3.8, 4) is 5.69 Å². The average molecular weight is 558 g/mol. The molecule has 2 aromatic carbocycles. The lowest BCUT2D eigenvalue weighted by Crippen LogP contribution is -2.49. The maximum atomic E-state index is 14.0. The molecule has 0 spiro atoms. The number of carbonyl (C=O) groups excluding carboxylic acids is 2. The molecule has 0 unspecified atom stereocenters. The minimum Gasteiger partial charge on any atom is -0.444 e. The van der Waals surface area contributed by atoms with Crippen LogP contribution >= 0.6 is 0 Å². The molecular formula is C33H43N5O3. The molecule has 0 bridgehead atoms. The molecule has 5 rings (SSSR count). The highest BCUT2D eigenvalue weighted by molar-refractivity contribution is 5.95. The summed E-state index contributed by atoms with van der Waals surface area (Å²) in [5, 5.41) is 4.75. The second-order valence-corrected chi connectivity index (χ2v) is 12.5. The SMILES string of the molecule is Cc1ccc(-n2ncc(C(=O)N3CCN(c4ccc(C)cc4C)CC3)c2C2CCN(C(=O)OC(C)(C)C)CC2)cc1. The summed E-state index contributed by atoms with van der Waals surface area (Å²) in [6.45, 7) is 16.1. The molecule has 218 valence electrons. The summed E-state index contributed by atoms with van der Waals surface area (Å²) < 4.78 is 7.54. The summed E-state index contributed by atoms with van der Waals surface area (Å²) in [5.41, 5.74) is 6.97. The molecule has 8 nitrogen and oxygen atoms in total. The van der Waals surface area contributed by atoms with Crippen LogP contribution in [0.5, 0.6) is 0 Å². The van der Waals surface area contributed by atoms with Crippen molar-refractivity contribution in [2.24, 2.45) is 0 Å². The van der Waals surface area contributed by atoms with Crippen LogP contribution in [0.15, 0.2) is 48.7 Å². The van der Waals surface area contributed by atoms with E-state index in [0.29, 0.717) is 31.7 Å². The van der Waals surface area contributed by atoms with Crippen LogP contribution < -0.4 is 4.90 Å². The van der Waals surface area contributed by atoms with Crippen LogP contribution in [0.4, 0.5) is 10.5 Å². The van der Waals surface area contributed by atoms with E-state index in [1.807, 2.05) is 30.4 Å². The number of carbonyl (C=O) groups is 2. The number of anilines is 1. The van der Waals surface area contributed by atoms with E-state index < -0.39 is 5.60 Å². The van der Waals surface area contributed by atoms with Crippen molar-refractivity contribution in [2.75, 3.05) is 44.2 Å². The van der Waals surface area contributed by atoms with Gasteiger partial charge in [-0.3, -0.25) is 4.79 Å². The smallest absolute Gasteiger partial charge is 0.410 e. The highest BCUT2D eigenvalue weighted by Gasteiger charge is 2.34. The van der Waals surface area contributed by atoms with Crippen LogP contribution in [0.3, 0.4) is 0 Å². The lowest BCUT2D eigenvalue weighted by molar-refractivity contribution is 0.0203. The molecule has 2 fully saturated rings. The number of amides is 2. The van der Waals surface area contributed by atoms with Crippen LogP contribution in [-0.2, 0) is 4.74 Å². The molecule has 8 heteroatoms. The minimum absolute atomic E-state index is 0.0354. The Bertz CT molecular complexity index is 1390. The second kappa shape index (κ2) is 11.6. The number of likely N-dealkylation sites (tertiary alicyclic amines) is 1. The molecule has 0 atom stereocenters. The van der Waals surface area contributed by atoms with E-state index in [1.165, 1.54) is 22.4 Å². The van der Waals surface area contributed by atoms with E-state index in [4.69, 9.17) is 9.84 Å². The van der Waals surface area contributed by atoms with Crippen molar-refractivity contribution in [1.82, 2.24) is 19.6 Å². The van der Waals surface area contributed by atoms with Gasteiger partial charge in [-0.05, 0) is 78.1 Å². The molecule has 41 heavy (non-hydrogen) atoms. The average Bonchev–Trinajstić information content (AvgIpc) is 3.37. The Kier molecular flexibility index (Phi) is 8.11. The molecule has 2 saturated heterocycles. The van der Waals surface area contributed by atoms with Crippen molar-refractivity contribution in [3.63, 3.8) is 0 Å². The summed E-state index contributed by atoms with van der Waals surface area (Å²) in [6, 6.07) is 14.8. The molecule has 2 aliphatic heterocycles. The van der Waals surface area contributed by atoms with E-state index in [0.717, 1.165) is 37.3 Å². The van der Waals surface area contributed by atoms with E-state index in [9.17, 15) is 9.59 Å². The number of hydrogen-bond donors (Lipinski definition) is 0. The van der Waals surface area contributed by atoms with E-state index in [-0.39, 0.29) is 17.9 Å². The molecule has 0 radical (unpaired) electrons. The Hall–Kier alpha value is -3.81. The monoisotopic (exact) mass is 557 g/mol. The van der Waals surface area contributed by atoms with Crippen LogP contribution in [-0.4, -0.2) is 76.5 Å². The predicted molar refractivity (Wildman–Crippen MR) is 162 cm³/mol. The van der Waals surface area contributed by atoms with E-state index >= 15 is 0 Å². The van der Waals surface area contributed by atoms with Gasteiger partial charge in [0, 0.05) is 50.9 Å². The largest absolute Gasteiger partial charge is 0.444 e. The molecule has 1 aromatic heterocycles. The van der Waals surface area contributed by atoms with Crippen LogP contribution in [0.25, 0.3) is 5.69 Å². The summed E-state index contributed by atoms with van der Waals surface area (Å²) in [5.74, 6) is 0.140. The zero-order valence-electron chi connectivity index (χ0n) is 25.3. The van der Waals surface area contributed by atoms with Crippen LogP contribution in [0.2, 0.25) is 0 Å². The van der Waals surface area contributed by atoms with Gasteiger partial charge in [0.15, 0.2) is 0 Å². The molecule has 3 aromatic rings. The van der Waals surface area contributed by atoms with E-state index in [1.54, 1.807) is 11.1 Å². The fourth-order valence-corrected chi connectivity index (χ4v) is 5.95. The topological polar surface area (TPSA) is 70.9 Å². The second-order valence-electron chi connectivity index (χ2n) is 12.5. The zero-order chi connectivity index (χ0) is 29.3. The standard InChI is InChI=1S/C33H43N5O3/c1-23-7-10-27(11-8-23)38-30(26-13-15-37(16-14-26)32(40)41-33(4,5)6)28(22-34-38)31(39)36-19-17-35(18-20-36)29-12-9-24(2)21-25(29)3/h7-12,21-22,26H,13-20H2,1-6H3. The molecule has 2 amide bonds. The van der Waals surface area contributed by atoms with Crippen molar-refractivity contribution in [1.29, 1.82) is 0 Å². The van der Waals surface area contributed by atoms with Crippen molar-refractivity contribution in [3.05, 3.63) is 76.6 Å². The van der Waals surface area contributed by atoms with Crippen LogP contribution in [0, 0.1) is 20.8 Å². The fraction of sp³-hybridized carbons (Fsp3) is 0.485. The molecular weight excluding hydrogens is 514 g/mol. The number of aromatic nitrogens is 2. The Morgan fingerprint density at radius 2 is 1.46 bits per heavy atom. The van der Waals surface area contributed by atoms with Gasteiger partial charge in [-0.2, -0.15) is 5.10 Å². The number of nitrogens with zero attached hydrogens (tertiary/aromatic N) is 5. The zero-order valence-corrected chi connectivity index (χ0v) is 25.3. The minimum atomic E-state index is -0.528. The predicted octanol–water partition coefficient (Wildman–Crippen LogP) is 5.87. The Labute approximate surface area is 243 Å². The number of piperidine rings is 1. The third-order valence-electron chi connectivity index (χ3n) is 8.11. The maximum absolute atomic E-state index is 14.0. The van der Waals surface area contributed by atoms with Gasteiger partial charge in [0.25, 0.3) is 5.91 Å². The number of aryl methyl sites for hydroxylation is 3. The first-order valence-corrected chi connectivity index (χ1v) is 14.7. The number of hydrogen-bond acceptors (Lipinski definition) is 5. The molecule has 0 saturated carbocycles. The van der Waals surface area contributed by atoms with Crippen molar-refractivity contribution >= 4 is 17.7 Å². The summed E-state index contributed by atoms with van der Waals surface area (Å²) in [6.07, 6.45) is 2.96. The Morgan fingerprint density at radius 1 is 0.829 bits per heavy atom. The van der Waals surface area contributed by atoms with Gasteiger partial charge in [-0.1, -0.05) is 35.4 Å². The number of ether oxygens (including phenoxy) is 1. The Balaban J connectivity index is 1.36. The first-order valence-electron chi connectivity index (χ1n) is 14.7. The summed E-state index contributed by atoms with van der Waals surface area (Å²) >= 11 is 0. The quantitative estimate of drug-likeness (QED) is 0.401. The lowest BCUT2D eigenvalue weighted by atomic mass is 9.90. The van der Waals surface area contributed by atoms with Gasteiger partial charge >= 0.3 is 6.09 Å². The Morgan fingerprint density at radius 3 is 2.07 bits per heavy atom. The number of rotatable bonds is 4. The van der Waals surface area contributed by atoms with Gasteiger partial charge < -0.3 is 19.4 Å². The van der Waals surface area contributed by atoms with Gasteiger partial charge in [-0.15, -0.1) is 0 Å². The first kappa shape index (κ1) is 28.7. The third kappa shape index (κ3) is 6.42. The summed E-state index contributed by atoms with van der Waals surface area (Å²) in [4.78, 5) is 32.8. The highest BCUT2D eigenvalue weighted by Crippen LogP contribution is 2.34. The molecule has 0 aliphatic carbocycles. The number of piperazine rings is 1. The van der Waals surface area contributed by atoms with Crippen LogP contribution in [0.1, 0.15) is 72.3 Å².